The van der Waals surface area contributed by atoms with E-state index in [2.05, 4.69) is 55.3 Å². The van der Waals surface area contributed by atoms with Crippen molar-refractivity contribution in [3.05, 3.63) is 52.0 Å². The first-order chi connectivity index (χ1) is 18.1. The number of hydrogen-bond acceptors (Lipinski definition) is 8. The Morgan fingerprint density at radius 2 is 1.92 bits per heavy atom. The Bertz CT molecular complexity index is 1250. The average Bonchev–Trinajstić information content (AvgIpc) is 3.25. The van der Waals surface area contributed by atoms with Crippen LogP contribution in [0.15, 0.2) is 51.3 Å². The van der Waals surface area contributed by atoms with Crippen LogP contribution in [0.4, 0.5) is 5.95 Å². The number of amides is 1. The van der Waals surface area contributed by atoms with E-state index in [9.17, 15) is 4.79 Å². The molecule has 2 N–H and O–H groups in total. The molecule has 1 amide bonds. The van der Waals surface area contributed by atoms with Gasteiger partial charge in [0.05, 0.1) is 18.4 Å². The number of hydrogen-bond donors (Lipinski definition) is 2. The molecule has 9 heteroatoms. The van der Waals surface area contributed by atoms with E-state index in [-0.39, 0.29) is 11.9 Å². The molecule has 0 radical (unpaired) electrons. The normalized spacial score (nSPS) is 21.1. The molecule has 0 spiro atoms. The molecular weight excluding hydrogens is 464 g/mol. The lowest BCUT2D eigenvalue weighted by molar-refractivity contribution is -0.118. The van der Waals surface area contributed by atoms with Crippen molar-refractivity contribution in [3.8, 4) is 0 Å². The fourth-order valence-corrected chi connectivity index (χ4v) is 5.28. The van der Waals surface area contributed by atoms with E-state index >= 15 is 0 Å². The Kier molecular flexibility index (Phi) is 8.08. The lowest BCUT2D eigenvalue weighted by Gasteiger charge is -2.33. The Morgan fingerprint density at radius 1 is 1.11 bits per heavy atom. The van der Waals surface area contributed by atoms with E-state index in [1.165, 1.54) is 19.3 Å². The van der Waals surface area contributed by atoms with Crippen LogP contribution in [0.25, 0.3) is 5.70 Å². The molecule has 5 rings (SSSR count). The van der Waals surface area contributed by atoms with E-state index in [0.29, 0.717) is 17.5 Å². The van der Waals surface area contributed by atoms with Gasteiger partial charge in [-0.25, -0.2) is 15.0 Å². The van der Waals surface area contributed by atoms with Crippen molar-refractivity contribution in [2.45, 2.75) is 58.4 Å². The molecule has 1 aromatic rings. The molecule has 2 aliphatic heterocycles. The molecule has 1 saturated heterocycles. The van der Waals surface area contributed by atoms with E-state index < -0.39 is 0 Å². The van der Waals surface area contributed by atoms with Crippen LogP contribution in [-0.2, 0) is 4.79 Å². The van der Waals surface area contributed by atoms with Gasteiger partial charge < -0.3 is 20.4 Å². The van der Waals surface area contributed by atoms with Crippen molar-refractivity contribution < 1.29 is 4.79 Å². The predicted octanol–water partition coefficient (Wildman–Crippen LogP) is 1.59. The van der Waals surface area contributed by atoms with Gasteiger partial charge in [-0.1, -0.05) is 38.3 Å². The summed E-state index contributed by atoms with van der Waals surface area (Å²) in [7, 11) is 0. The second kappa shape index (κ2) is 11.8. The number of piperazine rings is 1. The van der Waals surface area contributed by atoms with Gasteiger partial charge in [0.15, 0.2) is 0 Å². The molecule has 4 aliphatic rings. The first kappa shape index (κ1) is 25.3. The highest BCUT2D eigenvalue weighted by atomic mass is 16.1. The topological polar surface area (TPSA) is 98.1 Å². The number of aromatic nitrogens is 2. The van der Waals surface area contributed by atoms with Gasteiger partial charge in [0.1, 0.15) is 17.0 Å². The molecule has 0 aromatic carbocycles. The Balaban J connectivity index is 1.42. The molecule has 1 aromatic heterocycles. The maximum atomic E-state index is 13.1. The zero-order valence-corrected chi connectivity index (χ0v) is 22.0. The highest BCUT2D eigenvalue weighted by molar-refractivity contribution is 5.96. The van der Waals surface area contributed by atoms with Crippen LogP contribution in [0.5, 0.6) is 0 Å². The zero-order valence-electron chi connectivity index (χ0n) is 22.0. The summed E-state index contributed by atoms with van der Waals surface area (Å²) in [5, 5.41) is 8.29. The monoisotopic (exact) mass is 502 g/mol. The average molecular weight is 503 g/mol. The molecule has 2 aliphatic carbocycles. The maximum Gasteiger partial charge on any atom is 0.251 e. The minimum atomic E-state index is 0.00409. The lowest BCUT2D eigenvalue weighted by Crippen LogP contribution is -2.48. The fraction of sp³-hybridized carbons (Fsp3) is 0.536. The minimum Gasteiger partial charge on any atom is -0.355 e. The number of anilines is 1. The number of carbonyl (C=O) groups is 1. The molecule has 2 fully saturated rings. The maximum absolute atomic E-state index is 13.1. The van der Waals surface area contributed by atoms with Gasteiger partial charge in [-0.05, 0) is 44.4 Å². The van der Waals surface area contributed by atoms with Crippen LogP contribution in [0.3, 0.4) is 0 Å². The SMILES string of the molecule is CCN1CCN(c2ncc3c(n2)=C(NC2=CC(C(=O)NC4CCCCC4)=CCC=C2C)CN=CN=3)CC1. The highest BCUT2D eigenvalue weighted by Gasteiger charge is 2.21. The first-order valence-corrected chi connectivity index (χ1v) is 13.7. The molecular formula is C28H38N8O. The molecule has 3 heterocycles. The molecule has 37 heavy (non-hydrogen) atoms. The second-order valence-electron chi connectivity index (χ2n) is 10.2. The number of nitrogens with zero attached hydrogens (tertiary/aromatic N) is 6. The predicted molar refractivity (Wildman–Crippen MR) is 147 cm³/mol. The summed E-state index contributed by atoms with van der Waals surface area (Å²) in [6.45, 7) is 9.58. The number of aliphatic imine (C=N–C) groups is 1. The molecule has 196 valence electrons. The third-order valence-electron chi connectivity index (χ3n) is 7.65. The molecule has 1 saturated carbocycles. The highest BCUT2D eigenvalue weighted by Crippen LogP contribution is 2.21. The number of carbonyl (C=O) groups excluding carboxylic acids is 1. The van der Waals surface area contributed by atoms with Gasteiger partial charge in [0.2, 0.25) is 5.95 Å². The van der Waals surface area contributed by atoms with Crippen molar-refractivity contribution in [2.24, 2.45) is 9.98 Å². The van der Waals surface area contributed by atoms with Crippen molar-refractivity contribution in [2.75, 3.05) is 44.2 Å². The Hall–Kier alpha value is -3.33. The third kappa shape index (κ3) is 6.15. The van der Waals surface area contributed by atoms with Crippen LogP contribution in [-0.4, -0.2) is 72.4 Å². The fourth-order valence-electron chi connectivity index (χ4n) is 5.28. The van der Waals surface area contributed by atoms with Gasteiger partial charge in [0, 0.05) is 43.5 Å². The number of fused-ring (bicyclic) bond motifs is 1. The number of allylic oxidation sites excluding steroid dienone is 3. The summed E-state index contributed by atoms with van der Waals surface area (Å²) >= 11 is 0. The van der Waals surface area contributed by atoms with E-state index in [0.717, 1.165) is 80.3 Å². The number of rotatable bonds is 6. The molecule has 9 nitrogen and oxygen atoms in total. The van der Waals surface area contributed by atoms with Crippen molar-refractivity contribution in [1.29, 1.82) is 0 Å². The number of likely N-dealkylation sites (N-methyl/N-ethyl adjacent to an activating group) is 1. The van der Waals surface area contributed by atoms with Crippen molar-refractivity contribution >= 4 is 23.9 Å². The summed E-state index contributed by atoms with van der Waals surface area (Å²) < 4.78 is 0. The lowest BCUT2D eigenvalue weighted by atomic mass is 9.95. The quantitative estimate of drug-likeness (QED) is 0.613. The van der Waals surface area contributed by atoms with E-state index in [1.807, 2.05) is 12.2 Å². The molecule has 0 bridgehead atoms. The summed E-state index contributed by atoms with van der Waals surface area (Å²) in [5.74, 6) is 0.727. The van der Waals surface area contributed by atoms with Crippen LogP contribution in [0.2, 0.25) is 0 Å². The van der Waals surface area contributed by atoms with Gasteiger partial charge in [0.25, 0.3) is 5.91 Å². The van der Waals surface area contributed by atoms with E-state index in [1.54, 1.807) is 12.5 Å². The largest absolute Gasteiger partial charge is 0.355 e. The van der Waals surface area contributed by atoms with Gasteiger partial charge in [-0.2, -0.15) is 0 Å². The molecule has 0 atom stereocenters. The van der Waals surface area contributed by atoms with Crippen molar-refractivity contribution in [1.82, 2.24) is 25.5 Å². The summed E-state index contributed by atoms with van der Waals surface area (Å²) in [5.41, 5.74) is 3.52. The van der Waals surface area contributed by atoms with Gasteiger partial charge >= 0.3 is 0 Å². The summed E-state index contributed by atoms with van der Waals surface area (Å²) in [6.07, 6.45) is 16.0. The van der Waals surface area contributed by atoms with Crippen LogP contribution in [0.1, 0.15) is 52.4 Å². The number of nitrogens with one attached hydrogen (secondary N) is 2. The van der Waals surface area contributed by atoms with Crippen LogP contribution >= 0.6 is 0 Å². The minimum absolute atomic E-state index is 0.00409. The smallest absolute Gasteiger partial charge is 0.251 e. The van der Waals surface area contributed by atoms with Gasteiger partial charge in [-0.3, -0.25) is 9.79 Å². The first-order valence-electron chi connectivity index (χ1n) is 13.7. The summed E-state index contributed by atoms with van der Waals surface area (Å²) in [6, 6.07) is 0.276. The van der Waals surface area contributed by atoms with Crippen LogP contribution in [0, 0.1) is 0 Å². The third-order valence-corrected chi connectivity index (χ3v) is 7.65. The summed E-state index contributed by atoms with van der Waals surface area (Å²) in [4.78, 5) is 36.3. The Labute approximate surface area is 218 Å². The standard InChI is InChI=1S/C28H38N8O/c1-3-35-12-14-36(15-13-35)28-30-18-24-26(34-28)25(17-29-19-31-24)33-23-16-21(9-7-8-20(23)2)27(37)32-22-10-5-4-6-11-22/h8-9,16,18-19,22,33H,3-7,10-15,17H2,1-2H3,(H,32,37). The Morgan fingerprint density at radius 3 is 2.70 bits per heavy atom. The molecule has 0 unspecified atom stereocenters. The van der Waals surface area contributed by atoms with Gasteiger partial charge in [-0.15, -0.1) is 0 Å². The second-order valence-corrected chi connectivity index (χ2v) is 10.2. The zero-order chi connectivity index (χ0) is 25.6. The van der Waals surface area contributed by atoms with E-state index in [4.69, 9.17) is 4.98 Å². The van der Waals surface area contributed by atoms with Crippen LogP contribution < -0.4 is 26.2 Å². The van der Waals surface area contributed by atoms with Crippen molar-refractivity contribution in [3.63, 3.8) is 0 Å².